The second-order valence-corrected chi connectivity index (χ2v) is 9.07. The van der Waals surface area contributed by atoms with Gasteiger partial charge in [0.2, 0.25) is 11.8 Å². The summed E-state index contributed by atoms with van der Waals surface area (Å²) in [7, 11) is 0.443. The molecule has 0 radical (unpaired) electrons. The lowest BCUT2D eigenvalue weighted by molar-refractivity contribution is 0.385. The van der Waals surface area contributed by atoms with E-state index in [1.54, 1.807) is 26.4 Å². The van der Waals surface area contributed by atoms with Crippen molar-refractivity contribution in [1.29, 1.82) is 0 Å². The molecule has 3 aromatic heterocycles. The predicted molar refractivity (Wildman–Crippen MR) is 128 cm³/mol. The van der Waals surface area contributed by atoms with Crippen molar-refractivity contribution in [3.63, 3.8) is 0 Å². The molecule has 0 bridgehead atoms. The summed E-state index contributed by atoms with van der Waals surface area (Å²) in [5.41, 5.74) is 1.33. The Balaban J connectivity index is 1.79. The summed E-state index contributed by atoms with van der Waals surface area (Å²) in [6.45, 7) is 0. The van der Waals surface area contributed by atoms with E-state index in [-0.39, 0.29) is 21.5 Å². The molecule has 3 heterocycles. The zero-order chi connectivity index (χ0) is 24.5. The van der Waals surface area contributed by atoms with Crippen molar-refractivity contribution in [3.05, 3.63) is 53.6 Å². The second kappa shape index (κ2) is 9.23. The molecule has 0 saturated heterocycles. The van der Waals surface area contributed by atoms with Crippen molar-refractivity contribution in [2.75, 3.05) is 36.6 Å². The number of sulfonamides is 1. The highest BCUT2D eigenvalue weighted by Crippen LogP contribution is 2.33. The van der Waals surface area contributed by atoms with E-state index in [1.807, 2.05) is 0 Å². The number of fused-ring (bicyclic) bond motifs is 1. The zero-order valence-electron chi connectivity index (χ0n) is 18.2. The third-order valence-corrected chi connectivity index (χ3v) is 6.34. The van der Waals surface area contributed by atoms with Gasteiger partial charge in [-0.3, -0.25) is 4.72 Å². The summed E-state index contributed by atoms with van der Waals surface area (Å²) in [6.07, 6.45) is 2.85. The number of nitrogens with zero attached hydrogens (tertiary/aromatic N) is 4. The van der Waals surface area contributed by atoms with Gasteiger partial charge in [-0.15, -0.1) is 0 Å². The van der Waals surface area contributed by atoms with Gasteiger partial charge in [0.25, 0.3) is 10.0 Å². The van der Waals surface area contributed by atoms with E-state index in [0.717, 1.165) is 6.07 Å². The van der Waals surface area contributed by atoms with Crippen LogP contribution in [0.25, 0.3) is 22.2 Å². The molecule has 4 rings (SSSR count). The molecule has 0 aliphatic rings. The fourth-order valence-electron chi connectivity index (χ4n) is 3.26. The van der Waals surface area contributed by atoms with Gasteiger partial charge in [-0.25, -0.2) is 27.8 Å². The second-order valence-electron chi connectivity index (χ2n) is 6.99. The largest absolute Gasteiger partial charge is 0.480 e. The van der Waals surface area contributed by atoms with Crippen LogP contribution in [0.5, 0.6) is 5.88 Å². The highest BCUT2D eigenvalue weighted by molar-refractivity contribution is 7.92. The molecule has 4 aromatic rings. The first-order valence-electron chi connectivity index (χ1n) is 9.80. The monoisotopic (exact) mass is 503 g/mol. The Morgan fingerprint density at radius 2 is 1.79 bits per heavy atom. The first-order chi connectivity index (χ1) is 16.2. The van der Waals surface area contributed by atoms with E-state index in [9.17, 15) is 12.8 Å². The molecule has 3 N–H and O–H groups in total. The molecule has 0 amide bonds. The van der Waals surface area contributed by atoms with Gasteiger partial charge < -0.3 is 15.4 Å². The molecular formula is C21H19ClFN7O3S. The minimum absolute atomic E-state index is 0.0130. The van der Waals surface area contributed by atoms with Crippen LogP contribution < -0.4 is 20.1 Å². The van der Waals surface area contributed by atoms with Crippen LogP contribution in [-0.2, 0) is 10.0 Å². The highest BCUT2D eigenvalue weighted by Gasteiger charge is 2.22. The summed E-state index contributed by atoms with van der Waals surface area (Å²) >= 11 is 5.92. The van der Waals surface area contributed by atoms with Crippen LogP contribution in [0.2, 0.25) is 5.02 Å². The third kappa shape index (κ3) is 4.63. The lowest BCUT2D eigenvalue weighted by Crippen LogP contribution is -2.15. The number of benzene rings is 1. The maximum atomic E-state index is 14.6. The normalized spacial score (nSPS) is 11.3. The molecular weight excluding hydrogens is 485 g/mol. The summed E-state index contributed by atoms with van der Waals surface area (Å²) in [5, 5.41) is 6.53. The molecule has 0 atom stereocenters. The molecule has 1 aromatic carbocycles. The molecule has 0 aliphatic heterocycles. The third-order valence-electron chi connectivity index (χ3n) is 4.76. The highest BCUT2D eigenvalue weighted by atomic mass is 35.5. The van der Waals surface area contributed by atoms with E-state index in [1.165, 1.54) is 31.5 Å². The van der Waals surface area contributed by atoms with Crippen molar-refractivity contribution in [3.8, 4) is 17.0 Å². The van der Waals surface area contributed by atoms with Crippen molar-refractivity contribution in [1.82, 2.24) is 19.9 Å². The lowest BCUT2D eigenvalue weighted by atomic mass is 10.0. The van der Waals surface area contributed by atoms with Crippen LogP contribution in [0.1, 0.15) is 0 Å². The van der Waals surface area contributed by atoms with Gasteiger partial charge in [-0.05, 0) is 35.9 Å². The van der Waals surface area contributed by atoms with E-state index in [2.05, 4.69) is 35.3 Å². The van der Waals surface area contributed by atoms with Crippen molar-refractivity contribution < 1.29 is 17.5 Å². The van der Waals surface area contributed by atoms with Crippen molar-refractivity contribution >= 4 is 50.1 Å². The van der Waals surface area contributed by atoms with E-state index < -0.39 is 15.8 Å². The fraction of sp³-hybridized carbons (Fsp3) is 0.143. The van der Waals surface area contributed by atoms with Crippen LogP contribution in [0.3, 0.4) is 0 Å². The van der Waals surface area contributed by atoms with Crippen LogP contribution >= 0.6 is 11.6 Å². The van der Waals surface area contributed by atoms with Gasteiger partial charge in [-0.1, -0.05) is 11.6 Å². The van der Waals surface area contributed by atoms with Gasteiger partial charge >= 0.3 is 0 Å². The number of methoxy groups -OCH3 is 1. The number of hydrogen-bond acceptors (Lipinski definition) is 9. The molecule has 34 heavy (non-hydrogen) atoms. The number of aromatic nitrogens is 4. The Hall–Kier alpha value is -3.77. The van der Waals surface area contributed by atoms with Gasteiger partial charge in [-0.2, -0.15) is 4.98 Å². The van der Waals surface area contributed by atoms with Gasteiger partial charge in [0.1, 0.15) is 11.6 Å². The number of nitrogens with one attached hydrogen (secondary N) is 3. The van der Waals surface area contributed by atoms with Gasteiger partial charge in [0, 0.05) is 37.4 Å². The Kier molecular flexibility index (Phi) is 6.35. The van der Waals surface area contributed by atoms with Gasteiger partial charge in [0.15, 0.2) is 10.5 Å². The average Bonchev–Trinajstić information content (AvgIpc) is 2.82. The van der Waals surface area contributed by atoms with Crippen LogP contribution in [0.15, 0.2) is 47.6 Å². The van der Waals surface area contributed by atoms with E-state index >= 15 is 0 Å². The summed E-state index contributed by atoms with van der Waals surface area (Å²) in [5.74, 6) is 0.0255. The molecule has 10 nitrogen and oxygen atoms in total. The van der Waals surface area contributed by atoms with Gasteiger partial charge in [0.05, 0.1) is 17.8 Å². The van der Waals surface area contributed by atoms with Crippen LogP contribution in [0, 0.1) is 5.82 Å². The first-order valence-corrected chi connectivity index (χ1v) is 11.7. The van der Waals surface area contributed by atoms with Crippen LogP contribution in [0.4, 0.5) is 21.8 Å². The molecule has 0 aliphatic carbocycles. The number of pyridine rings is 2. The summed E-state index contributed by atoms with van der Waals surface area (Å²) in [4.78, 5) is 16.6. The number of anilines is 3. The minimum Gasteiger partial charge on any atom is -0.480 e. The number of ether oxygens (including phenoxy) is 1. The van der Waals surface area contributed by atoms with Crippen molar-refractivity contribution in [2.45, 2.75) is 4.90 Å². The zero-order valence-corrected chi connectivity index (χ0v) is 19.8. The molecule has 0 unspecified atom stereocenters. The average molecular weight is 504 g/mol. The Morgan fingerprint density at radius 1 is 1.00 bits per heavy atom. The molecule has 0 fully saturated rings. The molecule has 176 valence electrons. The Labute approximate surface area is 199 Å². The quantitative estimate of drug-likeness (QED) is 0.345. The molecule has 13 heteroatoms. The fourth-order valence-corrected chi connectivity index (χ4v) is 4.67. The topological polar surface area (TPSA) is 131 Å². The Bertz CT molecular complexity index is 1500. The SMILES string of the molecule is CNc1ncc2cc(-c3cc(F)cc(NS(=O)(=O)c4cc(Cl)cnc4OC)c3)c(NC)nc2n1. The first kappa shape index (κ1) is 23.4. The predicted octanol–water partition coefficient (Wildman–Crippen LogP) is 3.77. The summed E-state index contributed by atoms with van der Waals surface area (Å²) in [6, 6.07) is 6.75. The van der Waals surface area contributed by atoms with E-state index in [4.69, 9.17) is 16.3 Å². The standard InChI is InChI=1S/C21H19ClFN7O3S/c1-24-19-16(6-12-9-27-21(25-2)29-18(12)28-19)11-4-14(23)8-15(5-11)30-34(31,32)17-7-13(22)10-26-20(17)33-3/h4-10,30H,1-3H3,(H2,24,25,27,28,29). The van der Waals surface area contributed by atoms with E-state index in [0.29, 0.717) is 33.9 Å². The Morgan fingerprint density at radius 3 is 2.50 bits per heavy atom. The number of halogens is 2. The maximum Gasteiger partial charge on any atom is 0.267 e. The summed E-state index contributed by atoms with van der Waals surface area (Å²) < 4.78 is 48.0. The van der Waals surface area contributed by atoms with Crippen LogP contribution in [-0.4, -0.2) is 49.6 Å². The maximum absolute atomic E-state index is 14.6. The molecule has 0 spiro atoms. The molecule has 0 saturated carbocycles. The smallest absolute Gasteiger partial charge is 0.267 e. The van der Waals surface area contributed by atoms with Crippen molar-refractivity contribution in [2.24, 2.45) is 0 Å². The lowest BCUT2D eigenvalue weighted by Gasteiger charge is -2.14. The minimum atomic E-state index is -4.20. The number of hydrogen-bond donors (Lipinski definition) is 3. The number of rotatable bonds is 7.